The molecule has 4 rings (SSSR count). The molecule has 0 aliphatic carbocycles. The maximum absolute atomic E-state index is 12.6. The molecular weight excluding hydrogens is 316 g/mol. The molecular formula is C20H16N2O3. The first-order valence-electron chi connectivity index (χ1n) is 8.09. The molecule has 25 heavy (non-hydrogen) atoms. The molecule has 1 aromatic heterocycles. The fourth-order valence-electron chi connectivity index (χ4n) is 3.37. The van der Waals surface area contributed by atoms with E-state index in [2.05, 4.69) is 4.98 Å². The summed E-state index contributed by atoms with van der Waals surface area (Å²) in [7, 11) is 0. The Balaban J connectivity index is 1.71. The van der Waals surface area contributed by atoms with Gasteiger partial charge in [-0.15, -0.1) is 0 Å². The highest BCUT2D eigenvalue weighted by molar-refractivity contribution is 5.96. The lowest BCUT2D eigenvalue weighted by molar-refractivity contribution is -0.142. The number of benzene rings is 2. The number of amides is 1. The van der Waals surface area contributed by atoms with Crippen LogP contribution >= 0.6 is 0 Å². The van der Waals surface area contributed by atoms with E-state index in [1.807, 2.05) is 42.5 Å². The predicted octanol–water partition coefficient (Wildman–Crippen LogP) is 2.89. The SMILES string of the molecule is O=C(O)[C@H](Cc1cccc2ccccc12)N1Cc2ccnc(c2)C1=O. The van der Waals surface area contributed by atoms with Crippen LogP contribution in [0, 0.1) is 0 Å². The normalized spacial score (nSPS) is 14.6. The summed E-state index contributed by atoms with van der Waals surface area (Å²) in [6.07, 6.45) is 1.84. The number of fused-ring (bicyclic) bond motifs is 3. The Morgan fingerprint density at radius 2 is 1.96 bits per heavy atom. The van der Waals surface area contributed by atoms with E-state index in [4.69, 9.17) is 0 Å². The van der Waals surface area contributed by atoms with E-state index in [-0.39, 0.29) is 18.9 Å². The van der Waals surface area contributed by atoms with Crippen LogP contribution in [0.5, 0.6) is 0 Å². The highest BCUT2D eigenvalue weighted by atomic mass is 16.4. The number of hydrogen-bond acceptors (Lipinski definition) is 3. The Hall–Kier alpha value is -3.21. The van der Waals surface area contributed by atoms with E-state index in [9.17, 15) is 14.7 Å². The number of aromatic nitrogens is 1. The van der Waals surface area contributed by atoms with Crippen LogP contribution in [0.1, 0.15) is 21.6 Å². The van der Waals surface area contributed by atoms with Gasteiger partial charge in [0.2, 0.25) is 0 Å². The minimum absolute atomic E-state index is 0.257. The lowest BCUT2D eigenvalue weighted by atomic mass is 9.96. The van der Waals surface area contributed by atoms with Crippen LogP contribution in [0.15, 0.2) is 60.8 Å². The fourth-order valence-corrected chi connectivity index (χ4v) is 3.37. The van der Waals surface area contributed by atoms with Crippen LogP contribution < -0.4 is 0 Å². The Bertz CT molecular complexity index is 978. The van der Waals surface area contributed by atoms with Gasteiger partial charge in [0.05, 0.1) is 0 Å². The third kappa shape index (κ3) is 2.74. The molecule has 0 radical (unpaired) electrons. The number of carbonyl (C=O) groups is 2. The molecule has 1 aliphatic rings. The van der Waals surface area contributed by atoms with Gasteiger partial charge in [0.15, 0.2) is 0 Å². The van der Waals surface area contributed by atoms with Crippen molar-refractivity contribution in [1.82, 2.24) is 9.88 Å². The molecule has 2 bridgehead atoms. The van der Waals surface area contributed by atoms with Crippen LogP contribution in [0.3, 0.4) is 0 Å². The van der Waals surface area contributed by atoms with E-state index in [0.717, 1.165) is 21.9 Å². The molecule has 3 aromatic rings. The molecule has 0 spiro atoms. The Morgan fingerprint density at radius 1 is 1.16 bits per heavy atom. The lowest BCUT2D eigenvalue weighted by Crippen LogP contribution is -2.47. The van der Waals surface area contributed by atoms with Gasteiger partial charge in [-0.3, -0.25) is 9.78 Å². The van der Waals surface area contributed by atoms with Crippen molar-refractivity contribution in [2.75, 3.05) is 0 Å². The number of carboxylic acids is 1. The van der Waals surface area contributed by atoms with Crippen LogP contribution in [0.25, 0.3) is 10.8 Å². The molecule has 1 atom stereocenters. The molecule has 2 heterocycles. The van der Waals surface area contributed by atoms with Crippen molar-refractivity contribution < 1.29 is 14.7 Å². The zero-order valence-electron chi connectivity index (χ0n) is 13.4. The third-order valence-corrected chi connectivity index (χ3v) is 4.61. The van der Waals surface area contributed by atoms with E-state index in [0.29, 0.717) is 5.69 Å². The van der Waals surface area contributed by atoms with E-state index >= 15 is 0 Å². The van der Waals surface area contributed by atoms with Gasteiger partial charge in [-0.2, -0.15) is 0 Å². The van der Waals surface area contributed by atoms with Crippen LogP contribution in [-0.4, -0.2) is 32.9 Å². The highest BCUT2D eigenvalue weighted by Gasteiger charge is 2.34. The minimum atomic E-state index is -1.01. The summed E-state index contributed by atoms with van der Waals surface area (Å²) in [5, 5.41) is 11.8. The number of hydrogen-bond donors (Lipinski definition) is 1. The average molecular weight is 332 g/mol. The Labute approximate surface area is 144 Å². The molecule has 1 amide bonds. The molecule has 1 N–H and O–H groups in total. The Morgan fingerprint density at radius 3 is 2.80 bits per heavy atom. The molecule has 5 nitrogen and oxygen atoms in total. The number of pyridine rings is 1. The molecule has 1 aliphatic heterocycles. The van der Waals surface area contributed by atoms with Gasteiger partial charge in [-0.05, 0) is 34.0 Å². The van der Waals surface area contributed by atoms with Crippen molar-refractivity contribution in [2.24, 2.45) is 0 Å². The summed E-state index contributed by atoms with van der Waals surface area (Å²) < 4.78 is 0. The van der Waals surface area contributed by atoms with Gasteiger partial charge in [0, 0.05) is 19.2 Å². The second-order valence-corrected chi connectivity index (χ2v) is 6.18. The van der Waals surface area contributed by atoms with Gasteiger partial charge in [0.25, 0.3) is 5.91 Å². The van der Waals surface area contributed by atoms with Crippen molar-refractivity contribution >= 4 is 22.6 Å². The molecule has 0 unspecified atom stereocenters. The van der Waals surface area contributed by atoms with Gasteiger partial charge >= 0.3 is 5.97 Å². The monoisotopic (exact) mass is 332 g/mol. The standard InChI is InChI=1S/C20H16N2O3/c23-19-17-10-13(8-9-21-17)12-22(19)18(20(24)25)11-15-6-3-5-14-4-1-2-7-16(14)15/h1-10,18H,11-12H2,(H,24,25)/t18-/m0/s1. The predicted molar refractivity (Wildman–Crippen MR) is 93.2 cm³/mol. The molecule has 0 saturated heterocycles. The van der Waals surface area contributed by atoms with E-state index < -0.39 is 12.0 Å². The second-order valence-electron chi connectivity index (χ2n) is 6.18. The topological polar surface area (TPSA) is 70.5 Å². The molecule has 124 valence electrons. The van der Waals surface area contributed by atoms with E-state index in [1.54, 1.807) is 18.3 Å². The van der Waals surface area contributed by atoms with Crippen LogP contribution in [-0.2, 0) is 17.8 Å². The zero-order chi connectivity index (χ0) is 17.4. The molecule has 0 saturated carbocycles. The van der Waals surface area contributed by atoms with Crippen molar-refractivity contribution in [2.45, 2.75) is 19.0 Å². The summed E-state index contributed by atoms with van der Waals surface area (Å²) in [4.78, 5) is 30.0. The van der Waals surface area contributed by atoms with Gasteiger partial charge in [-0.1, -0.05) is 42.5 Å². The smallest absolute Gasteiger partial charge is 0.326 e. The fraction of sp³-hybridized carbons (Fsp3) is 0.150. The first kappa shape index (κ1) is 15.3. The average Bonchev–Trinajstić information content (AvgIpc) is 2.63. The highest BCUT2D eigenvalue weighted by Crippen LogP contribution is 2.24. The van der Waals surface area contributed by atoms with Gasteiger partial charge < -0.3 is 10.0 Å². The zero-order valence-corrected chi connectivity index (χ0v) is 13.4. The molecule has 0 fully saturated rings. The molecule has 5 heteroatoms. The first-order valence-corrected chi connectivity index (χ1v) is 8.09. The maximum Gasteiger partial charge on any atom is 0.326 e. The number of aliphatic carboxylic acids is 1. The van der Waals surface area contributed by atoms with Crippen LogP contribution in [0.2, 0.25) is 0 Å². The summed E-state index contributed by atoms with van der Waals surface area (Å²) in [6.45, 7) is 0.288. The number of rotatable bonds is 4. The number of nitrogens with zero attached hydrogens (tertiary/aromatic N) is 2. The quantitative estimate of drug-likeness (QED) is 0.797. The largest absolute Gasteiger partial charge is 0.480 e. The minimum Gasteiger partial charge on any atom is -0.480 e. The Kier molecular flexibility index (Phi) is 3.69. The summed E-state index contributed by atoms with van der Waals surface area (Å²) in [5.74, 6) is -1.34. The first-order chi connectivity index (χ1) is 12.1. The third-order valence-electron chi connectivity index (χ3n) is 4.61. The lowest BCUT2D eigenvalue weighted by Gasteiger charge is -2.32. The number of carboxylic acid groups (broad SMARTS) is 1. The maximum atomic E-state index is 12.6. The molecule has 2 aromatic carbocycles. The number of carbonyl (C=O) groups excluding carboxylic acids is 1. The summed E-state index contributed by atoms with van der Waals surface area (Å²) >= 11 is 0. The van der Waals surface area contributed by atoms with Crippen molar-refractivity contribution in [3.05, 3.63) is 77.6 Å². The van der Waals surface area contributed by atoms with Crippen molar-refractivity contribution in [1.29, 1.82) is 0 Å². The van der Waals surface area contributed by atoms with Gasteiger partial charge in [-0.25, -0.2) is 4.79 Å². The van der Waals surface area contributed by atoms with Crippen molar-refractivity contribution in [3.63, 3.8) is 0 Å². The summed E-state index contributed by atoms with van der Waals surface area (Å²) in [5.41, 5.74) is 2.11. The van der Waals surface area contributed by atoms with Gasteiger partial charge in [0.1, 0.15) is 11.7 Å². The van der Waals surface area contributed by atoms with Crippen LogP contribution in [0.4, 0.5) is 0 Å². The van der Waals surface area contributed by atoms with Crippen molar-refractivity contribution in [3.8, 4) is 0 Å². The second kappa shape index (κ2) is 6.02. The van der Waals surface area contributed by atoms with E-state index in [1.165, 1.54) is 4.90 Å². The summed E-state index contributed by atoms with van der Waals surface area (Å²) in [6, 6.07) is 16.3.